The van der Waals surface area contributed by atoms with Crippen LogP contribution in [0, 0.1) is 0 Å². The summed E-state index contributed by atoms with van der Waals surface area (Å²) in [5.74, 6) is 0.0172. The summed E-state index contributed by atoms with van der Waals surface area (Å²) < 4.78 is 26.8. The van der Waals surface area contributed by atoms with Crippen LogP contribution in [0.1, 0.15) is 24.2 Å². The van der Waals surface area contributed by atoms with Crippen LogP contribution in [0.3, 0.4) is 0 Å². The van der Waals surface area contributed by atoms with Gasteiger partial charge < -0.3 is 5.73 Å². The van der Waals surface area contributed by atoms with Gasteiger partial charge in [0.25, 0.3) is 0 Å². The number of nitrogens with zero attached hydrogens (tertiary/aromatic N) is 1. The van der Waals surface area contributed by atoms with Gasteiger partial charge in [-0.1, -0.05) is 18.2 Å². The summed E-state index contributed by atoms with van der Waals surface area (Å²) >= 11 is 0. The van der Waals surface area contributed by atoms with Gasteiger partial charge in [-0.25, -0.2) is 13.1 Å². The molecule has 0 radical (unpaired) electrons. The van der Waals surface area contributed by atoms with Gasteiger partial charge in [0.05, 0.1) is 5.75 Å². The number of rotatable bonds is 6. The summed E-state index contributed by atoms with van der Waals surface area (Å²) in [4.78, 5) is 4.12. The first-order chi connectivity index (χ1) is 9.96. The highest BCUT2D eigenvalue weighted by atomic mass is 32.2. The van der Waals surface area contributed by atoms with Crippen LogP contribution in [0.4, 0.5) is 5.69 Å². The van der Waals surface area contributed by atoms with Crippen molar-refractivity contribution in [2.75, 3.05) is 11.5 Å². The van der Waals surface area contributed by atoms with Gasteiger partial charge in [-0.05, 0) is 36.8 Å². The third kappa shape index (κ3) is 4.84. The molecule has 0 bridgehead atoms. The second-order valence-corrected chi connectivity index (χ2v) is 6.77. The smallest absolute Gasteiger partial charge is 0.212 e. The fourth-order valence-electron chi connectivity index (χ4n) is 1.97. The lowest BCUT2D eigenvalue weighted by molar-refractivity contribution is 0.566. The lowest BCUT2D eigenvalue weighted by atomic mass is 10.1. The van der Waals surface area contributed by atoms with Gasteiger partial charge in [0.15, 0.2) is 0 Å². The van der Waals surface area contributed by atoms with Crippen LogP contribution < -0.4 is 10.5 Å². The molecule has 3 N–H and O–H groups in total. The zero-order chi connectivity index (χ0) is 15.3. The highest BCUT2D eigenvalue weighted by Gasteiger charge is 2.16. The van der Waals surface area contributed by atoms with Crippen molar-refractivity contribution in [1.29, 1.82) is 0 Å². The van der Waals surface area contributed by atoms with Crippen molar-refractivity contribution >= 4 is 15.7 Å². The number of aryl methyl sites for hydroxylation is 1. The molecule has 0 saturated heterocycles. The number of nitrogen functional groups attached to an aromatic ring is 1. The Morgan fingerprint density at radius 3 is 2.52 bits per heavy atom. The Balaban J connectivity index is 1.95. The summed E-state index contributed by atoms with van der Waals surface area (Å²) in [7, 11) is -3.36. The number of nitrogens with two attached hydrogens (primary N) is 1. The van der Waals surface area contributed by atoms with E-state index in [0.717, 1.165) is 11.3 Å². The fourth-order valence-corrected chi connectivity index (χ4v) is 3.24. The van der Waals surface area contributed by atoms with E-state index < -0.39 is 10.0 Å². The van der Waals surface area contributed by atoms with Crippen LogP contribution in [0.2, 0.25) is 0 Å². The van der Waals surface area contributed by atoms with E-state index in [4.69, 9.17) is 5.73 Å². The van der Waals surface area contributed by atoms with Gasteiger partial charge in [0, 0.05) is 30.0 Å². The lowest BCUT2D eigenvalue weighted by Crippen LogP contribution is -2.30. The number of anilines is 1. The van der Waals surface area contributed by atoms with E-state index in [2.05, 4.69) is 9.71 Å². The third-order valence-corrected chi connectivity index (χ3v) is 4.60. The first-order valence-electron chi connectivity index (χ1n) is 6.71. The number of hydrogen-bond donors (Lipinski definition) is 2. The highest BCUT2D eigenvalue weighted by molar-refractivity contribution is 7.89. The second-order valence-electron chi connectivity index (χ2n) is 4.90. The van der Waals surface area contributed by atoms with Crippen LogP contribution in [0.15, 0.2) is 48.7 Å². The molecule has 6 heteroatoms. The summed E-state index contributed by atoms with van der Waals surface area (Å²) in [6.07, 6.45) is 2.05. The number of aromatic nitrogens is 1. The lowest BCUT2D eigenvalue weighted by Gasteiger charge is -2.14. The number of hydrogen-bond acceptors (Lipinski definition) is 4. The van der Waals surface area contributed by atoms with Gasteiger partial charge in [0.2, 0.25) is 10.0 Å². The molecule has 1 unspecified atom stereocenters. The van der Waals surface area contributed by atoms with E-state index in [1.165, 1.54) is 0 Å². The molecule has 1 heterocycles. The maximum Gasteiger partial charge on any atom is 0.212 e. The molecule has 2 rings (SSSR count). The van der Waals surface area contributed by atoms with Gasteiger partial charge in [0.1, 0.15) is 0 Å². The van der Waals surface area contributed by atoms with Crippen molar-refractivity contribution in [1.82, 2.24) is 9.71 Å². The standard InChI is InChI=1S/C15H19N3O2S/c1-12(13-5-7-14(16)8-6-13)18-21(19,20)11-9-15-4-2-3-10-17-15/h2-8,10,12,18H,9,11,16H2,1H3. The van der Waals surface area contributed by atoms with Crippen LogP contribution in [-0.4, -0.2) is 19.2 Å². The van der Waals surface area contributed by atoms with Crippen LogP contribution in [0.25, 0.3) is 0 Å². The molecular formula is C15H19N3O2S. The number of nitrogens with one attached hydrogen (secondary N) is 1. The monoisotopic (exact) mass is 305 g/mol. The number of pyridine rings is 1. The Morgan fingerprint density at radius 1 is 1.19 bits per heavy atom. The molecule has 2 aromatic rings. The molecular weight excluding hydrogens is 286 g/mol. The number of sulfonamides is 1. The van der Waals surface area contributed by atoms with Gasteiger partial charge in [-0.3, -0.25) is 4.98 Å². The average Bonchev–Trinajstić information content (AvgIpc) is 2.46. The van der Waals surface area contributed by atoms with Crippen molar-refractivity contribution < 1.29 is 8.42 Å². The van der Waals surface area contributed by atoms with Crippen molar-refractivity contribution in [2.45, 2.75) is 19.4 Å². The Morgan fingerprint density at radius 2 is 1.90 bits per heavy atom. The predicted octanol–water partition coefficient (Wildman–Crippen LogP) is 1.89. The SMILES string of the molecule is CC(NS(=O)(=O)CCc1ccccn1)c1ccc(N)cc1. The molecule has 1 atom stereocenters. The molecule has 112 valence electrons. The van der Waals surface area contributed by atoms with Crippen LogP contribution in [0.5, 0.6) is 0 Å². The van der Waals surface area contributed by atoms with E-state index in [9.17, 15) is 8.42 Å². The Labute approximate surface area is 125 Å². The molecule has 21 heavy (non-hydrogen) atoms. The van der Waals surface area contributed by atoms with E-state index in [0.29, 0.717) is 12.1 Å². The summed E-state index contributed by atoms with van der Waals surface area (Å²) in [5, 5.41) is 0. The topological polar surface area (TPSA) is 85.1 Å². The average molecular weight is 305 g/mol. The molecule has 5 nitrogen and oxygen atoms in total. The largest absolute Gasteiger partial charge is 0.399 e. The molecule has 1 aromatic carbocycles. The summed E-state index contributed by atoms with van der Waals surface area (Å²) in [5.41, 5.74) is 7.92. The first-order valence-corrected chi connectivity index (χ1v) is 8.37. The second kappa shape index (κ2) is 6.69. The summed E-state index contributed by atoms with van der Waals surface area (Å²) in [6, 6.07) is 12.3. The molecule has 0 aliphatic carbocycles. The quantitative estimate of drug-likeness (QED) is 0.798. The maximum absolute atomic E-state index is 12.1. The normalized spacial score (nSPS) is 13.0. The van der Waals surface area contributed by atoms with Crippen molar-refractivity contribution in [3.63, 3.8) is 0 Å². The Hall–Kier alpha value is -1.92. The van der Waals surface area contributed by atoms with Crippen molar-refractivity contribution in [3.8, 4) is 0 Å². The van der Waals surface area contributed by atoms with E-state index in [-0.39, 0.29) is 11.8 Å². The molecule has 0 fully saturated rings. The minimum Gasteiger partial charge on any atom is -0.399 e. The Kier molecular flexibility index (Phi) is 4.93. The molecule has 0 aliphatic rings. The number of benzene rings is 1. The van der Waals surface area contributed by atoms with E-state index >= 15 is 0 Å². The van der Waals surface area contributed by atoms with Crippen molar-refractivity contribution in [3.05, 3.63) is 59.9 Å². The Bertz CT molecular complexity index is 670. The molecule has 0 spiro atoms. The van der Waals surface area contributed by atoms with E-state index in [1.807, 2.05) is 31.2 Å². The zero-order valence-electron chi connectivity index (χ0n) is 11.9. The van der Waals surface area contributed by atoms with Crippen LogP contribution >= 0.6 is 0 Å². The zero-order valence-corrected chi connectivity index (χ0v) is 12.7. The minimum absolute atomic E-state index is 0.0172. The van der Waals surface area contributed by atoms with Gasteiger partial charge >= 0.3 is 0 Å². The minimum atomic E-state index is -3.36. The van der Waals surface area contributed by atoms with Crippen molar-refractivity contribution in [2.24, 2.45) is 0 Å². The van der Waals surface area contributed by atoms with Gasteiger partial charge in [-0.2, -0.15) is 0 Å². The van der Waals surface area contributed by atoms with E-state index in [1.54, 1.807) is 24.4 Å². The maximum atomic E-state index is 12.1. The van der Waals surface area contributed by atoms with Gasteiger partial charge in [-0.15, -0.1) is 0 Å². The molecule has 0 amide bonds. The fraction of sp³-hybridized carbons (Fsp3) is 0.267. The molecule has 1 aromatic heterocycles. The first kappa shape index (κ1) is 15.5. The molecule has 0 saturated carbocycles. The summed E-state index contributed by atoms with van der Waals surface area (Å²) in [6.45, 7) is 1.81. The molecule has 0 aliphatic heterocycles. The predicted molar refractivity (Wildman–Crippen MR) is 84.1 cm³/mol. The third-order valence-electron chi connectivity index (χ3n) is 3.15. The highest BCUT2D eigenvalue weighted by Crippen LogP contribution is 2.15. The van der Waals surface area contributed by atoms with Crippen LogP contribution in [-0.2, 0) is 16.4 Å².